The van der Waals surface area contributed by atoms with Crippen LogP contribution in [-0.4, -0.2) is 81.1 Å². The molecule has 3 fully saturated rings. The molecule has 10 nitrogen and oxygen atoms in total. The monoisotopic (exact) mass is 618 g/mol. The Labute approximate surface area is 259 Å². The summed E-state index contributed by atoms with van der Waals surface area (Å²) >= 11 is 0. The van der Waals surface area contributed by atoms with Gasteiger partial charge >= 0.3 is 6.01 Å². The molecule has 0 bridgehead atoms. The van der Waals surface area contributed by atoms with Crippen LogP contribution in [0.5, 0.6) is 11.8 Å². The first kappa shape index (κ1) is 29.6. The summed E-state index contributed by atoms with van der Waals surface area (Å²) in [6.07, 6.45) is 2.56. The molecule has 3 saturated heterocycles. The van der Waals surface area contributed by atoms with E-state index >= 15 is 0 Å². The number of anilines is 2. The average molecular weight is 619 g/mol. The number of alkyl halides is 1. The number of hydrogen-bond acceptors (Lipinski definition) is 9. The van der Waals surface area contributed by atoms with Gasteiger partial charge in [-0.15, -0.1) is 0 Å². The second-order valence-electron chi connectivity index (χ2n) is 12.9. The first-order chi connectivity index (χ1) is 21.6. The first-order valence-electron chi connectivity index (χ1n) is 15.7. The number of phenolic OH excluding ortho intramolecular Hbond substituents is 1. The van der Waals surface area contributed by atoms with Crippen LogP contribution in [0, 0.1) is 17.1 Å². The molecule has 0 saturated carbocycles. The third kappa shape index (κ3) is 5.02. The molecule has 3 unspecified atom stereocenters. The lowest BCUT2D eigenvalue weighted by molar-refractivity contribution is 0.0301. The molecule has 0 spiro atoms. The van der Waals surface area contributed by atoms with Gasteiger partial charge in [-0.05, 0) is 61.7 Å². The highest BCUT2D eigenvalue weighted by atomic mass is 19.1. The second kappa shape index (κ2) is 11.1. The van der Waals surface area contributed by atoms with Crippen molar-refractivity contribution in [2.45, 2.75) is 75.7 Å². The quantitative estimate of drug-likeness (QED) is 0.396. The molecule has 1 amide bonds. The van der Waals surface area contributed by atoms with Crippen molar-refractivity contribution in [1.82, 2.24) is 14.9 Å². The van der Waals surface area contributed by atoms with Gasteiger partial charge in [-0.25, -0.2) is 8.78 Å². The Kier molecular flexibility index (Phi) is 7.28. The minimum Gasteiger partial charge on any atom is -0.508 e. The number of carbonyl (C=O) groups excluding carboxylic acids is 1. The Morgan fingerprint density at radius 2 is 2.02 bits per heavy atom. The number of nitriles is 1. The molecule has 7 rings (SSSR count). The van der Waals surface area contributed by atoms with Crippen molar-refractivity contribution in [3.05, 3.63) is 46.9 Å². The van der Waals surface area contributed by atoms with Gasteiger partial charge in [0.2, 0.25) is 0 Å². The summed E-state index contributed by atoms with van der Waals surface area (Å²) in [6.45, 7) is 3.85. The standard InChI is InChI=1S/C33H36F2N6O4/c1-2-23-24(35)6-5-20-13-22(42)14-26(27(20)23)41-17-25-28(30(41)43)29(39-11-4-8-33(44,18-39)9-10-36)38-31(37-25)45-19-32-7-3-12-40(32)16-21(34)15-32/h5-6,13-14,21,42,44H,2-4,7-9,11-12,15-19H2,1H3. The Bertz CT molecular complexity index is 1730. The maximum atomic E-state index is 15.0. The van der Waals surface area contributed by atoms with Gasteiger partial charge in [0, 0.05) is 37.5 Å². The van der Waals surface area contributed by atoms with E-state index in [-0.39, 0.29) is 43.4 Å². The predicted octanol–water partition coefficient (Wildman–Crippen LogP) is 4.40. The van der Waals surface area contributed by atoms with E-state index in [1.807, 2.05) is 6.92 Å². The predicted molar refractivity (Wildman–Crippen MR) is 163 cm³/mol. The number of amides is 1. The Hall–Kier alpha value is -4.08. The molecule has 0 radical (unpaired) electrons. The maximum Gasteiger partial charge on any atom is 0.318 e. The van der Waals surface area contributed by atoms with Crippen LogP contribution < -0.4 is 14.5 Å². The third-order valence-electron chi connectivity index (χ3n) is 9.98. The van der Waals surface area contributed by atoms with Crippen LogP contribution in [0.3, 0.4) is 0 Å². The smallest absolute Gasteiger partial charge is 0.318 e. The van der Waals surface area contributed by atoms with Crippen molar-refractivity contribution in [3.63, 3.8) is 0 Å². The fourth-order valence-electron chi connectivity index (χ4n) is 7.92. The Morgan fingerprint density at radius 1 is 1.20 bits per heavy atom. The molecule has 5 heterocycles. The number of aromatic nitrogens is 2. The summed E-state index contributed by atoms with van der Waals surface area (Å²) in [4.78, 5) is 29.1. The number of aryl methyl sites for hydroxylation is 1. The number of rotatable bonds is 7. The molecule has 2 N–H and O–H groups in total. The number of piperidine rings is 1. The summed E-state index contributed by atoms with van der Waals surface area (Å²) in [6, 6.07) is 8.06. The van der Waals surface area contributed by atoms with Gasteiger partial charge in [-0.2, -0.15) is 15.2 Å². The van der Waals surface area contributed by atoms with E-state index in [9.17, 15) is 29.1 Å². The van der Waals surface area contributed by atoms with Crippen molar-refractivity contribution in [2.75, 3.05) is 42.6 Å². The summed E-state index contributed by atoms with van der Waals surface area (Å²) in [7, 11) is 0. The molecular formula is C33H36F2N6O4. The topological polar surface area (TPSA) is 126 Å². The second-order valence-corrected chi connectivity index (χ2v) is 12.9. The minimum atomic E-state index is -1.27. The Balaban J connectivity index is 1.30. The largest absolute Gasteiger partial charge is 0.508 e. The van der Waals surface area contributed by atoms with Crippen molar-refractivity contribution in [2.24, 2.45) is 0 Å². The van der Waals surface area contributed by atoms with Crippen molar-refractivity contribution >= 4 is 28.2 Å². The van der Waals surface area contributed by atoms with Crippen molar-refractivity contribution < 1.29 is 28.5 Å². The highest BCUT2D eigenvalue weighted by Gasteiger charge is 2.49. The number of nitrogens with zero attached hydrogens (tertiary/aromatic N) is 6. The van der Waals surface area contributed by atoms with Gasteiger partial charge in [-0.3, -0.25) is 9.69 Å². The van der Waals surface area contributed by atoms with E-state index < -0.39 is 29.0 Å². The molecular weight excluding hydrogens is 582 g/mol. The number of ether oxygens (including phenoxy) is 1. The highest BCUT2D eigenvalue weighted by Crippen LogP contribution is 2.43. The number of hydrogen-bond donors (Lipinski definition) is 2. The molecule has 3 aromatic rings. The number of phenols is 1. The molecule has 1 aromatic heterocycles. The third-order valence-corrected chi connectivity index (χ3v) is 9.98. The van der Waals surface area contributed by atoms with Crippen LogP contribution in [-0.2, 0) is 13.0 Å². The molecule has 4 aliphatic rings. The number of halogens is 2. The zero-order valence-electron chi connectivity index (χ0n) is 25.2. The summed E-state index contributed by atoms with van der Waals surface area (Å²) in [5.41, 5.74) is -0.273. The van der Waals surface area contributed by atoms with Gasteiger partial charge < -0.3 is 24.7 Å². The summed E-state index contributed by atoms with van der Waals surface area (Å²) < 4.78 is 35.7. The maximum absolute atomic E-state index is 15.0. The molecule has 12 heteroatoms. The van der Waals surface area contributed by atoms with E-state index in [0.717, 1.165) is 19.4 Å². The van der Waals surface area contributed by atoms with Gasteiger partial charge in [0.05, 0.1) is 41.6 Å². The first-order valence-corrected chi connectivity index (χ1v) is 15.7. The number of fused-ring (bicyclic) bond motifs is 3. The lowest BCUT2D eigenvalue weighted by atomic mass is 9.90. The molecule has 4 aliphatic heterocycles. The van der Waals surface area contributed by atoms with E-state index in [2.05, 4.69) is 16.0 Å². The number of carbonyl (C=O) groups is 1. The van der Waals surface area contributed by atoms with E-state index in [1.54, 1.807) is 17.0 Å². The lowest BCUT2D eigenvalue weighted by Gasteiger charge is -2.39. The van der Waals surface area contributed by atoms with Crippen molar-refractivity contribution in [3.8, 4) is 17.8 Å². The number of aromatic hydroxyl groups is 1. The highest BCUT2D eigenvalue weighted by molar-refractivity contribution is 6.16. The van der Waals surface area contributed by atoms with Crippen LogP contribution in [0.2, 0.25) is 0 Å². The average Bonchev–Trinajstić information content (AvgIpc) is 3.65. The van der Waals surface area contributed by atoms with Crippen molar-refractivity contribution in [1.29, 1.82) is 5.26 Å². The van der Waals surface area contributed by atoms with Gasteiger partial charge in [0.25, 0.3) is 5.91 Å². The number of benzene rings is 2. The molecule has 45 heavy (non-hydrogen) atoms. The normalized spacial score (nSPS) is 26.4. The SMILES string of the molecule is CCc1c(F)ccc2cc(O)cc(N3Cc4nc(OCC56CCCN5CC(F)C6)nc(N5CCCC(O)(CC#N)C5)c4C3=O)c12. The van der Waals surface area contributed by atoms with Crippen LogP contribution in [0.4, 0.5) is 20.3 Å². The number of β-amino-alcohol motifs (C(OH)–C–C–N with tert-alkyl or cyclic N) is 1. The summed E-state index contributed by atoms with van der Waals surface area (Å²) in [5.74, 6) is -0.590. The van der Waals surface area contributed by atoms with E-state index in [0.29, 0.717) is 72.3 Å². The molecule has 0 aliphatic carbocycles. The van der Waals surface area contributed by atoms with Gasteiger partial charge in [0.1, 0.15) is 35.7 Å². The fourth-order valence-corrected chi connectivity index (χ4v) is 7.92. The van der Waals surface area contributed by atoms with Gasteiger partial charge in [-0.1, -0.05) is 13.0 Å². The van der Waals surface area contributed by atoms with Gasteiger partial charge in [0.15, 0.2) is 0 Å². The summed E-state index contributed by atoms with van der Waals surface area (Å²) in [5, 5.41) is 32.3. The Morgan fingerprint density at radius 3 is 2.82 bits per heavy atom. The zero-order chi connectivity index (χ0) is 31.5. The van der Waals surface area contributed by atoms with E-state index in [4.69, 9.17) is 9.72 Å². The van der Waals surface area contributed by atoms with Crippen LogP contribution in [0.1, 0.15) is 67.1 Å². The van der Waals surface area contributed by atoms with Crippen LogP contribution in [0.25, 0.3) is 10.8 Å². The fraction of sp³-hybridized carbons (Fsp3) is 0.515. The zero-order valence-corrected chi connectivity index (χ0v) is 25.2. The number of aliphatic hydroxyl groups is 1. The van der Waals surface area contributed by atoms with Crippen LogP contribution in [0.15, 0.2) is 24.3 Å². The minimum absolute atomic E-state index is 0.0262. The molecule has 3 atom stereocenters. The van der Waals surface area contributed by atoms with Crippen LogP contribution >= 0.6 is 0 Å². The lowest BCUT2D eigenvalue weighted by Crippen LogP contribution is -2.49. The molecule has 2 aromatic carbocycles. The molecule has 236 valence electrons. The van der Waals surface area contributed by atoms with E-state index in [1.165, 1.54) is 17.0 Å².